The number of benzene rings is 1. The second-order valence-electron chi connectivity index (χ2n) is 7.73. The summed E-state index contributed by atoms with van der Waals surface area (Å²) in [6.07, 6.45) is 0.752. The first-order chi connectivity index (χ1) is 14.8. The van der Waals surface area contributed by atoms with E-state index in [1.807, 2.05) is 36.6 Å². The van der Waals surface area contributed by atoms with Crippen molar-refractivity contribution in [3.8, 4) is 11.5 Å². The Morgan fingerprint density at radius 3 is 2.48 bits per heavy atom. The Balaban J connectivity index is 1.68. The second-order valence-corrected chi connectivity index (χ2v) is 7.73. The molecule has 1 aromatic heterocycles. The van der Waals surface area contributed by atoms with Gasteiger partial charge in [-0.3, -0.25) is 14.6 Å². The van der Waals surface area contributed by atoms with E-state index in [-0.39, 0.29) is 11.9 Å². The van der Waals surface area contributed by atoms with E-state index in [1.54, 1.807) is 28.2 Å². The lowest BCUT2D eigenvalue weighted by atomic mass is 10.1. The smallest absolute Gasteiger partial charge is 0.402 e. The van der Waals surface area contributed by atoms with Crippen molar-refractivity contribution >= 4 is 23.7 Å². The number of likely N-dealkylation sites (N-methyl/N-ethyl adjacent to an activating group) is 2. The van der Waals surface area contributed by atoms with Gasteiger partial charge in [0.05, 0.1) is 20.8 Å². The molecule has 0 radical (unpaired) electrons. The fraction of sp³-hybridized carbons (Fsp3) is 0.455. The third-order valence-electron chi connectivity index (χ3n) is 6.21. The highest BCUT2D eigenvalue weighted by atomic mass is 16.5. The lowest BCUT2D eigenvalue weighted by Gasteiger charge is -2.32. The molecule has 9 heteroatoms. The zero-order chi connectivity index (χ0) is 22.4. The average molecular weight is 426 g/mol. The molecule has 3 amide bonds. The third kappa shape index (κ3) is 3.07. The largest absolute Gasteiger partial charge is 0.493 e. The number of hydrogen-bond acceptors (Lipinski definition) is 5. The number of methoxy groups -OCH3 is 2. The molecular formula is C22H28N5O4+. The fourth-order valence-corrected chi connectivity index (χ4v) is 4.34. The number of aliphatic imine (C=N–C) groups is 1. The Morgan fingerprint density at radius 1 is 1.13 bits per heavy atom. The number of amides is 3. The lowest BCUT2D eigenvalue weighted by Crippen LogP contribution is -2.57. The Hall–Kier alpha value is -3.36. The standard InChI is InChI=1S/C22H28N5O4/c1-7-25-20(28)18-19(24(4)22(25)29)23-21-26(13(2)14(3)27(18)21)11-10-15-8-9-16(30-5)17(12-15)31-6/h8-9,12,18H,7,10-11H2,1-6H3/q+1. The number of urea groups is 1. The van der Waals surface area contributed by atoms with Gasteiger partial charge in [-0.05, 0) is 38.5 Å². The quantitative estimate of drug-likeness (QED) is 0.663. The van der Waals surface area contributed by atoms with Crippen molar-refractivity contribution in [2.75, 3.05) is 27.8 Å². The molecule has 0 aliphatic carbocycles. The summed E-state index contributed by atoms with van der Waals surface area (Å²) in [7, 11) is 4.91. The number of aromatic nitrogens is 2. The molecule has 2 aliphatic rings. The maximum Gasteiger partial charge on any atom is 0.402 e. The van der Waals surface area contributed by atoms with Crippen LogP contribution in [0.5, 0.6) is 11.5 Å². The van der Waals surface area contributed by atoms with Gasteiger partial charge in [0, 0.05) is 20.0 Å². The van der Waals surface area contributed by atoms with Crippen LogP contribution in [-0.4, -0.2) is 60.0 Å². The Morgan fingerprint density at radius 2 is 1.84 bits per heavy atom. The van der Waals surface area contributed by atoms with Crippen molar-refractivity contribution in [1.29, 1.82) is 0 Å². The number of carbonyl (C=O) groups is 2. The number of nitrogens with zero attached hydrogens (tertiary/aromatic N) is 5. The molecule has 2 aliphatic heterocycles. The Bertz CT molecular complexity index is 1100. The molecule has 2 aromatic rings. The van der Waals surface area contributed by atoms with Crippen molar-refractivity contribution < 1.29 is 23.6 Å². The molecule has 1 unspecified atom stereocenters. The van der Waals surface area contributed by atoms with Gasteiger partial charge in [-0.1, -0.05) is 11.1 Å². The molecule has 0 bridgehead atoms. The third-order valence-corrected chi connectivity index (χ3v) is 6.21. The van der Waals surface area contributed by atoms with Gasteiger partial charge >= 0.3 is 12.0 Å². The van der Waals surface area contributed by atoms with E-state index >= 15 is 0 Å². The molecule has 31 heavy (non-hydrogen) atoms. The highest BCUT2D eigenvalue weighted by Gasteiger charge is 2.53. The van der Waals surface area contributed by atoms with Crippen LogP contribution in [0.4, 0.5) is 10.7 Å². The van der Waals surface area contributed by atoms with Crippen LogP contribution >= 0.6 is 0 Å². The van der Waals surface area contributed by atoms with Crippen LogP contribution in [0.15, 0.2) is 23.2 Å². The van der Waals surface area contributed by atoms with Gasteiger partial charge in [0.25, 0.3) is 5.91 Å². The van der Waals surface area contributed by atoms with Crippen molar-refractivity contribution in [3.05, 3.63) is 35.2 Å². The van der Waals surface area contributed by atoms with E-state index in [2.05, 4.69) is 4.57 Å². The van der Waals surface area contributed by atoms with Crippen molar-refractivity contribution in [2.45, 2.75) is 39.8 Å². The van der Waals surface area contributed by atoms with Crippen molar-refractivity contribution in [3.63, 3.8) is 0 Å². The number of rotatable bonds is 6. The van der Waals surface area contributed by atoms with Crippen LogP contribution in [0.3, 0.4) is 0 Å². The Labute approximate surface area is 181 Å². The number of imide groups is 1. The molecule has 1 fully saturated rings. The molecule has 1 atom stereocenters. The van der Waals surface area contributed by atoms with E-state index in [9.17, 15) is 9.59 Å². The zero-order valence-corrected chi connectivity index (χ0v) is 18.8. The molecule has 0 saturated carbocycles. The maximum atomic E-state index is 13.1. The first-order valence-corrected chi connectivity index (χ1v) is 10.3. The van der Waals surface area contributed by atoms with Gasteiger partial charge in [-0.15, -0.1) is 0 Å². The van der Waals surface area contributed by atoms with Gasteiger partial charge in [-0.25, -0.2) is 13.9 Å². The number of carbonyl (C=O) groups excluding carboxylic acids is 2. The van der Waals surface area contributed by atoms with E-state index < -0.39 is 6.04 Å². The number of amidine groups is 1. The molecular weight excluding hydrogens is 398 g/mol. The number of ether oxygens (including phenoxy) is 2. The fourth-order valence-electron chi connectivity index (χ4n) is 4.34. The van der Waals surface area contributed by atoms with Crippen molar-refractivity contribution in [1.82, 2.24) is 14.4 Å². The number of aryl methyl sites for hydroxylation is 1. The van der Waals surface area contributed by atoms with Gasteiger partial charge in [0.2, 0.25) is 11.9 Å². The first-order valence-electron chi connectivity index (χ1n) is 10.3. The summed E-state index contributed by atoms with van der Waals surface area (Å²) in [5.74, 6) is 2.34. The van der Waals surface area contributed by atoms with Crippen molar-refractivity contribution in [2.24, 2.45) is 4.99 Å². The van der Waals surface area contributed by atoms with E-state index in [1.165, 1.54) is 9.80 Å². The van der Waals surface area contributed by atoms with Gasteiger partial charge in [0.15, 0.2) is 11.5 Å². The molecule has 1 saturated heterocycles. The van der Waals surface area contributed by atoms with E-state index in [0.717, 1.165) is 23.4 Å². The Kier molecular flexibility index (Phi) is 5.20. The zero-order valence-electron chi connectivity index (χ0n) is 18.8. The predicted molar refractivity (Wildman–Crippen MR) is 114 cm³/mol. The molecule has 0 N–H and O–H groups in total. The van der Waals surface area contributed by atoms with Crippen LogP contribution in [0.1, 0.15) is 29.9 Å². The average Bonchev–Trinajstić information content (AvgIpc) is 3.27. The van der Waals surface area contributed by atoms with Crippen LogP contribution in [-0.2, 0) is 17.8 Å². The van der Waals surface area contributed by atoms with E-state index in [0.29, 0.717) is 36.4 Å². The first kappa shape index (κ1) is 20.9. The van der Waals surface area contributed by atoms with Crippen LogP contribution in [0.25, 0.3) is 0 Å². The number of fused-ring (bicyclic) bond motifs is 3. The van der Waals surface area contributed by atoms with Crippen LogP contribution in [0, 0.1) is 13.8 Å². The molecule has 0 spiro atoms. The molecule has 164 valence electrons. The highest BCUT2D eigenvalue weighted by molar-refractivity contribution is 6.20. The molecule has 3 heterocycles. The van der Waals surface area contributed by atoms with E-state index in [4.69, 9.17) is 14.5 Å². The molecule has 9 nitrogen and oxygen atoms in total. The summed E-state index contributed by atoms with van der Waals surface area (Å²) in [4.78, 5) is 33.1. The number of imidazole rings is 1. The topological polar surface area (TPSA) is 80.3 Å². The summed E-state index contributed by atoms with van der Waals surface area (Å²) in [5.41, 5.74) is 3.12. The summed E-state index contributed by atoms with van der Waals surface area (Å²) < 4.78 is 14.8. The normalized spacial score (nSPS) is 17.6. The minimum absolute atomic E-state index is 0.228. The SMILES string of the molecule is CCN1C(=O)C2C(=Nc3n2c(C)c(C)[n+]3CCc2ccc(OC)c(OC)c2)N(C)C1=O. The predicted octanol–water partition coefficient (Wildman–Crippen LogP) is 2.15. The molecule has 1 aromatic carbocycles. The minimum atomic E-state index is -0.598. The number of hydrogen-bond donors (Lipinski definition) is 0. The summed E-state index contributed by atoms with van der Waals surface area (Å²) >= 11 is 0. The monoisotopic (exact) mass is 426 g/mol. The lowest BCUT2D eigenvalue weighted by molar-refractivity contribution is -0.688. The summed E-state index contributed by atoms with van der Waals surface area (Å²) in [6.45, 7) is 6.84. The molecule has 4 rings (SSSR count). The van der Waals surface area contributed by atoms with Gasteiger partial charge in [0.1, 0.15) is 11.4 Å². The summed E-state index contributed by atoms with van der Waals surface area (Å²) in [5, 5.41) is 0. The van der Waals surface area contributed by atoms with Crippen LogP contribution < -0.4 is 14.0 Å². The second kappa shape index (κ2) is 7.72. The van der Waals surface area contributed by atoms with Gasteiger partial charge in [-0.2, -0.15) is 0 Å². The van der Waals surface area contributed by atoms with Gasteiger partial charge < -0.3 is 9.47 Å². The minimum Gasteiger partial charge on any atom is -0.493 e. The maximum absolute atomic E-state index is 13.1. The highest BCUT2D eigenvalue weighted by Crippen LogP contribution is 2.35. The summed E-state index contributed by atoms with van der Waals surface area (Å²) in [6, 6.07) is 4.95. The van der Waals surface area contributed by atoms with Crippen LogP contribution in [0.2, 0.25) is 0 Å².